The molecule has 2 aliphatic heterocycles. The minimum atomic E-state index is -0.576. The average Bonchev–Trinajstić information content (AvgIpc) is 3.35. The third-order valence-corrected chi connectivity index (χ3v) is 13.1. The van der Waals surface area contributed by atoms with Crippen molar-refractivity contribution in [2.24, 2.45) is 10.2 Å². The SMILES string of the molecule is Cc1cccc(Cl)c1CC(=O)c1c(Cl)cc(Cl)c(O)c1/C=N\Nc1ncc(F)c(N2CCOCC2)n1.O=C(Cc1ccccc1Cl)c1c(Br)cc(/C=N/Nc2ncc(F)c(N3CCOCC3)n2)c(O)c1Cl. The van der Waals surface area contributed by atoms with E-state index in [9.17, 15) is 28.6 Å². The fourth-order valence-electron chi connectivity index (χ4n) is 7.19. The lowest BCUT2D eigenvalue weighted by Gasteiger charge is -2.27. The third kappa shape index (κ3) is 13.2. The molecule has 24 heteroatoms. The van der Waals surface area contributed by atoms with Crippen LogP contribution in [0, 0.1) is 18.6 Å². The minimum absolute atomic E-state index is 0.00483. The summed E-state index contributed by atoms with van der Waals surface area (Å²) >= 11 is 34.6. The Morgan fingerprint density at radius 2 is 1.27 bits per heavy atom. The van der Waals surface area contributed by atoms with Crippen molar-refractivity contribution in [2.45, 2.75) is 19.8 Å². The van der Waals surface area contributed by atoms with Crippen molar-refractivity contribution in [2.75, 3.05) is 73.3 Å². The van der Waals surface area contributed by atoms with Crippen molar-refractivity contribution in [3.05, 3.63) is 147 Å². The van der Waals surface area contributed by atoms with E-state index in [4.69, 9.17) is 67.5 Å². The molecule has 4 heterocycles. The van der Waals surface area contributed by atoms with E-state index in [1.54, 1.807) is 46.2 Å². The van der Waals surface area contributed by atoms with Crippen molar-refractivity contribution in [1.29, 1.82) is 0 Å². The van der Waals surface area contributed by atoms with E-state index in [0.717, 1.165) is 18.0 Å². The summed E-state index contributed by atoms with van der Waals surface area (Å²) in [5.41, 5.74) is 7.73. The van der Waals surface area contributed by atoms with Crippen LogP contribution in [0.1, 0.15) is 48.5 Å². The molecular weight excluding hydrogens is 1100 g/mol. The van der Waals surface area contributed by atoms with E-state index in [1.807, 2.05) is 13.0 Å². The zero-order valence-electron chi connectivity index (χ0n) is 37.2. The number of nitrogens with one attached hydrogen (secondary N) is 2. The second-order valence-electron chi connectivity index (χ2n) is 15.5. The molecule has 2 aliphatic rings. The van der Waals surface area contributed by atoms with Gasteiger partial charge < -0.3 is 29.5 Å². The van der Waals surface area contributed by atoms with Gasteiger partial charge in [-0.3, -0.25) is 9.59 Å². The first-order chi connectivity index (χ1) is 34.1. The normalized spacial score (nSPS) is 13.9. The Labute approximate surface area is 438 Å². The number of rotatable bonds is 14. The largest absolute Gasteiger partial charge is 0.506 e. The molecule has 16 nitrogen and oxygen atoms in total. The van der Waals surface area contributed by atoms with Crippen LogP contribution in [-0.4, -0.2) is 107 Å². The van der Waals surface area contributed by atoms with Gasteiger partial charge in [0.25, 0.3) is 0 Å². The molecule has 370 valence electrons. The van der Waals surface area contributed by atoms with Gasteiger partial charge in [-0.2, -0.15) is 20.2 Å². The molecule has 0 atom stereocenters. The van der Waals surface area contributed by atoms with E-state index >= 15 is 0 Å². The predicted octanol–water partition coefficient (Wildman–Crippen LogP) is 10.4. The molecule has 0 unspecified atom stereocenters. The first-order valence-corrected chi connectivity index (χ1v) is 24.0. The highest BCUT2D eigenvalue weighted by Gasteiger charge is 2.25. The summed E-state index contributed by atoms with van der Waals surface area (Å²) < 4.78 is 39.4. The summed E-state index contributed by atoms with van der Waals surface area (Å²) in [4.78, 5) is 45.8. The molecule has 8 rings (SSSR count). The molecule has 6 aromatic rings. The molecule has 0 spiro atoms. The third-order valence-electron chi connectivity index (χ3n) is 10.8. The topological polar surface area (TPSA) is 200 Å². The number of anilines is 4. The Balaban J connectivity index is 0.000000209. The molecule has 4 aromatic carbocycles. The first kappa shape index (κ1) is 53.0. The lowest BCUT2D eigenvalue weighted by Crippen LogP contribution is -2.37. The molecule has 0 bridgehead atoms. The number of carbonyl (C=O) groups is 2. The number of morpholine rings is 2. The van der Waals surface area contributed by atoms with E-state index in [-0.39, 0.29) is 91.0 Å². The number of nitrogens with zero attached hydrogens (tertiary/aromatic N) is 8. The number of carbonyl (C=O) groups excluding carboxylic acids is 2. The van der Waals surface area contributed by atoms with Gasteiger partial charge in [-0.05, 0) is 63.8 Å². The van der Waals surface area contributed by atoms with Crippen molar-refractivity contribution >= 4 is 121 Å². The number of phenols is 2. The molecule has 2 fully saturated rings. The maximum absolute atomic E-state index is 14.3. The van der Waals surface area contributed by atoms with Crippen LogP contribution in [0.15, 0.2) is 81.7 Å². The summed E-state index contributed by atoms with van der Waals surface area (Å²) in [7, 11) is 0. The molecular formula is C47H40BrCl5F2N10O6. The van der Waals surface area contributed by atoms with Crippen LogP contribution in [0.5, 0.6) is 11.5 Å². The number of ether oxygens (including phenoxy) is 2. The Kier molecular flexibility index (Phi) is 18.4. The number of hydrogen-bond donors (Lipinski definition) is 4. The molecule has 2 aromatic heterocycles. The van der Waals surface area contributed by atoms with Crippen LogP contribution in [0.3, 0.4) is 0 Å². The van der Waals surface area contributed by atoms with Gasteiger partial charge in [-0.25, -0.2) is 29.6 Å². The van der Waals surface area contributed by atoms with Gasteiger partial charge in [0.1, 0.15) is 11.5 Å². The lowest BCUT2D eigenvalue weighted by molar-refractivity contribution is 0.0984. The Morgan fingerprint density at radius 1 is 0.718 bits per heavy atom. The maximum atomic E-state index is 14.3. The van der Waals surface area contributed by atoms with E-state index < -0.39 is 17.4 Å². The molecule has 4 N–H and O–H groups in total. The van der Waals surface area contributed by atoms with Crippen LogP contribution >= 0.6 is 73.9 Å². The van der Waals surface area contributed by atoms with E-state index in [1.165, 1.54) is 24.6 Å². The smallest absolute Gasteiger partial charge is 0.245 e. The van der Waals surface area contributed by atoms with Crippen LogP contribution in [0.2, 0.25) is 25.1 Å². The minimum Gasteiger partial charge on any atom is -0.506 e. The number of hydrazone groups is 2. The molecule has 0 saturated carbocycles. The number of aromatic nitrogens is 4. The van der Waals surface area contributed by atoms with Gasteiger partial charge >= 0.3 is 0 Å². The average molecular weight is 1140 g/mol. The summed E-state index contributed by atoms with van der Waals surface area (Å²) in [5.74, 6) is -2.18. The predicted molar refractivity (Wildman–Crippen MR) is 275 cm³/mol. The number of halogens is 8. The number of phenolic OH excluding ortho intramolecular Hbond substituents is 2. The Hall–Kier alpha value is -5.77. The molecule has 0 amide bonds. The van der Waals surface area contributed by atoms with Gasteiger partial charge in [-0.15, -0.1) is 0 Å². The van der Waals surface area contributed by atoms with Crippen LogP contribution < -0.4 is 20.7 Å². The monoisotopic (exact) mass is 1130 g/mol. The number of aromatic hydroxyl groups is 2. The molecule has 0 aliphatic carbocycles. The number of Topliss-reactive ketones (excluding diaryl/α,β-unsaturated/α-hetero) is 2. The highest BCUT2D eigenvalue weighted by atomic mass is 79.9. The van der Waals surface area contributed by atoms with Crippen LogP contribution in [-0.2, 0) is 22.3 Å². The van der Waals surface area contributed by atoms with Gasteiger partial charge in [0.2, 0.25) is 11.9 Å². The fraction of sp³-hybridized carbons (Fsp3) is 0.234. The second kappa shape index (κ2) is 24.6. The standard InChI is InChI=1S/C24H21Cl3FN5O3.C23H19BrCl2FN5O3/c1-13-3-2-4-16(25)14(13)9-20(34)21-15(22(35)18(27)10-17(21)26)11-30-32-24-29-12-19(28)23(31-24)33-5-7-36-8-6-33;24-15-9-14(21(34)20(26)19(15)18(33)10-13-3-1-2-4-16(13)25)11-29-31-23-28-12-17(27)22(30-23)32-5-7-35-8-6-32/h2-4,10-12,35H,5-9H2,1H3,(H,29,31,32);1-4,9,11-12,34H,5-8,10H2,(H,28,30,31)/b30-11-;29-11+. The van der Waals surface area contributed by atoms with Gasteiger partial charge in [0.05, 0.1) is 77.4 Å². The van der Waals surface area contributed by atoms with Crippen molar-refractivity contribution in [1.82, 2.24) is 19.9 Å². The fourth-order valence-corrected chi connectivity index (χ4v) is 9.36. The Morgan fingerprint density at radius 3 is 1.85 bits per heavy atom. The van der Waals surface area contributed by atoms with Crippen molar-refractivity contribution in [3.8, 4) is 11.5 Å². The van der Waals surface area contributed by atoms with Gasteiger partial charge in [0.15, 0.2) is 34.8 Å². The Bertz CT molecular complexity index is 3000. The van der Waals surface area contributed by atoms with Crippen molar-refractivity contribution in [3.63, 3.8) is 0 Å². The maximum Gasteiger partial charge on any atom is 0.245 e. The van der Waals surface area contributed by atoms with Gasteiger partial charge in [-0.1, -0.05) is 88.3 Å². The molecule has 2 saturated heterocycles. The highest BCUT2D eigenvalue weighted by Crippen LogP contribution is 2.38. The lowest BCUT2D eigenvalue weighted by atomic mass is 9.96. The summed E-state index contributed by atoms with van der Waals surface area (Å²) in [6.07, 6.45) is 4.52. The zero-order chi connectivity index (χ0) is 50.8. The number of ketones is 2. The number of hydrogen-bond acceptors (Lipinski definition) is 16. The summed E-state index contributed by atoms with van der Waals surface area (Å²) in [6.45, 7) is 5.73. The summed E-state index contributed by atoms with van der Waals surface area (Å²) in [6, 6.07) is 15.1. The van der Waals surface area contributed by atoms with Crippen LogP contribution in [0.25, 0.3) is 0 Å². The second-order valence-corrected chi connectivity index (χ2v) is 18.3. The van der Waals surface area contributed by atoms with Gasteiger partial charge in [0, 0.05) is 64.7 Å². The summed E-state index contributed by atoms with van der Waals surface area (Å²) in [5, 5.41) is 30.0. The van der Waals surface area contributed by atoms with Crippen LogP contribution in [0.4, 0.5) is 32.3 Å². The first-order valence-electron chi connectivity index (χ1n) is 21.4. The molecule has 71 heavy (non-hydrogen) atoms. The van der Waals surface area contributed by atoms with E-state index in [2.05, 4.69) is 56.9 Å². The van der Waals surface area contributed by atoms with E-state index in [0.29, 0.717) is 78.3 Å². The van der Waals surface area contributed by atoms with Crippen molar-refractivity contribution < 1.29 is 38.1 Å². The zero-order valence-corrected chi connectivity index (χ0v) is 42.6. The highest BCUT2D eigenvalue weighted by molar-refractivity contribution is 9.10. The quantitative estimate of drug-likeness (QED) is 0.0456. The number of benzene rings is 4. The number of aryl methyl sites for hydroxylation is 1. The molecule has 0 radical (unpaired) electrons.